The summed E-state index contributed by atoms with van der Waals surface area (Å²) in [5, 5.41) is 1.03. The van der Waals surface area contributed by atoms with Crippen LogP contribution in [-0.4, -0.2) is 52.8 Å². The van der Waals surface area contributed by atoms with Crippen molar-refractivity contribution in [3.8, 4) is 0 Å². The van der Waals surface area contributed by atoms with Crippen molar-refractivity contribution in [3.05, 3.63) is 15.6 Å². The van der Waals surface area contributed by atoms with Crippen molar-refractivity contribution < 1.29 is 9.59 Å². The summed E-state index contributed by atoms with van der Waals surface area (Å²) in [6, 6.07) is 0. The lowest BCUT2D eigenvalue weighted by molar-refractivity contribution is -0.127. The van der Waals surface area contributed by atoms with Gasteiger partial charge in [-0.2, -0.15) is 0 Å². The van der Waals surface area contributed by atoms with Gasteiger partial charge >= 0.3 is 0 Å². The monoisotopic (exact) mass is 335 g/mol. The van der Waals surface area contributed by atoms with Crippen molar-refractivity contribution in [3.63, 3.8) is 0 Å². The summed E-state index contributed by atoms with van der Waals surface area (Å²) in [4.78, 5) is 34.0. The number of carbonyl (C=O) groups excluding carboxylic acids is 2. The molecule has 0 unspecified atom stereocenters. The fourth-order valence-corrected chi connectivity index (χ4v) is 4.71. The van der Waals surface area contributed by atoms with Gasteiger partial charge in [-0.15, -0.1) is 11.3 Å². The molecule has 6 heteroatoms. The minimum atomic E-state index is 0.0984. The van der Waals surface area contributed by atoms with Gasteiger partial charge in [0.05, 0.1) is 10.7 Å². The highest BCUT2D eigenvalue weighted by Gasteiger charge is 2.45. The van der Waals surface area contributed by atoms with E-state index in [1.165, 1.54) is 11.3 Å². The number of aryl methyl sites for hydroxylation is 2. The molecule has 2 aliphatic heterocycles. The second-order valence-corrected chi connectivity index (χ2v) is 7.84. The first-order valence-corrected chi connectivity index (χ1v) is 9.33. The van der Waals surface area contributed by atoms with Gasteiger partial charge in [0.15, 0.2) is 0 Å². The number of amides is 2. The Morgan fingerprint density at radius 2 is 2.00 bits per heavy atom. The van der Waals surface area contributed by atoms with Crippen molar-refractivity contribution in [2.75, 3.05) is 26.2 Å². The molecule has 2 fully saturated rings. The maximum Gasteiger partial charge on any atom is 0.265 e. The van der Waals surface area contributed by atoms with Crippen molar-refractivity contribution in [1.29, 1.82) is 0 Å². The molecule has 0 bridgehead atoms. The van der Waals surface area contributed by atoms with E-state index < -0.39 is 0 Å². The van der Waals surface area contributed by atoms with E-state index in [4.69, 9.17) is 0 Å². The molecule has 2 amide bonds. The van der Waals surface area contributed by atoms with E-state index in [1.807, 2.05) is 23.6 Å². The van der Waals surface area contributed by atoms with Crippen LogP contribution in [0.4, 0.5) is 0 Å². The number of thiazole rings is 1. The largest absolute Gasteiger partial charge is 0.342 e. The van der Waals surface area contributed by atoms with Gasteiger partial charge in [0.2, 0.25) is 5.91 Å². The van der Waals surface area contributed by atoms with Crippen molar-refractivity contribution in [1.82, 2.24) is 14.8 Å². The van der Waals surface area contributed by atoms with Crippen LogP contribution < -0.4 is 0 Å². The molecule has 2 aliphatic rings. The number of nitrogens with zero attached hydrogens (tertiary/aromatic N) is 3. The Balaban J connectivity index is 1.66. The first-order chi connectivity index (χ1) is 11.0. The van der Waals surface area contributed by atoms with Gasteiger partial charge in [0.25, 0.3) is 5.91 Å². The summed E-state index contributed by atoms with van der Waals surface area (Å²) in [5.74, 6) is 0.393. The van der Waals surface area contributed by atoms with Gasteiger partial charge in [0, 0.05) is 38.0 Å². The standard InChI is InChI=1S/C17H25N3O2S/c1-4-13-18-12(3)15(23-13)16(22)20-8-6-17(7-9-20)10-14(21)19(5-2)11-17/h4-11H2,1-3H3. The first kappa shape index (κ1) is 16.4. The summed E-state index contributed by atoms with van der Waals surface area (Å²) in [7, 11) is 0. The molecule has 1 aromatic rings. The highest BCUT2D eigenvalue weighted by molar-refractivity contribution is 7.13. The molecular weight excluding hydrogens is 310 g/mol. The van der Waals surface area contributed by atoms with E-state index in [0.29, 0.717) is 6.42 Å². The number of hydrogen-bond acceptors (Lipinski definition) is 4. The molecular formula is C17H25N3O2S. The Labute approximate surface area is 141 Å². The Hall–Kier alpha value is -1.43. The lowest BCUT2D eigenvalue weighted by Crippen LogP contribution is -2.44. The predicted molar refractivity (Wildman–Crippen MR) is 90.7 cm³/mol. The summed E-state index contributed by atoms with van der Waals surface area (Å²) in [6.45, 7) is 9.18. The first-order valence-electron chi connectivity index (χ1n) is 8.51. The normalized spacial score (nSPS) is 20.6. The van der Waals surface area contributed by atoms with Gasteiger partial charge < -0.3 is 9.80 Å². The van der Waals surface area contributed by atoms with Crippen LogP contribution in [0.2, 0.25) is 0 Å². The van der Waals surface area contributed by atoms with Crippen LogP contribution in [0, 0.1) is 12.3 Å². The molecule has 1 spiro atoms. The molecule has 0 N–H and O–H groups in total. The molecule has 0 aliphatic carbocycles. The molecule has 0 radical (unpaired) electrons. The van der Waals surface area contributed by atoms with Crippen LogP contribution in [0.25, 0.3) is 0 Å². The predicted octanol–water partition coefficient (Wildman–Crippen LogP) is 2.49. The Morgan fingerprint density at radius 3 is 2.52 bits per heavy atom. The van der Waals surface area contributed by atoms with E-state index >= 15 is 0 Å². The third-order valence-electron chi connectivity index (χ3n) is 5.24. The Bertz CT molecular complexity index is 617. The summed E-state index contributed by atoms with van der Waals surface area (Å²) in [6.07, 6.45) is 3.39. The Kier molecular flexibility index (Phi) is 4.45. The van der Waals surface area contributed by atoms with E-state index in [2.05, 4.69) is 11.9 Å². The second-order valence-electron chi connectivity index (χ2n) is 6.75. The second kappa shape index (κ2) is 6.23. The highest BCUT2D eigenvalue weighted by atomic mass is 32.1. The highest BCUT2D eigenvalue weighted by Crippen LogP contribution is 2.41. The van der Waals surface area contributed by atoms with E-state index in [0.717, 1.165) is 61.0 Å². The Morgan fingerprint density at radius 1 is 1.30 bits per heavy atom. The van der Waals surface area contributed by atoms with Gasteiger partial charge in [-0.25, -0.2) is 4.98 Å². The lowest BCUT2D eigenvalue weighted by atomic mass is 9.77. The number of likely N-dealkylation sites (tertiary alicyclic amines) is 2. The molecule has 3 rings (SSSR count). The summed E-state index contributed by atoms with van der Waals surface area (Å²) >= 11 is 1.52. The van der Waals surface area contributed by atoms with Crippen LogP contribution in [0.5, 0.6) is 0 Å². The summed E-state index contributed by atoms with van der Waals surface area (Å²) < 4.78 is 0. The average molecular weight is 335 g/mol. The number of aromatic nitrogens is 1. The van der Waals surface area contributed by atoms with Crippen LogP contribution >= 0.6 is 11.3 Å². The number of carbonyl (C=O) groups is 2. The van der Waals surface area contributed by atoms with E-state index in [9.17, 15) is 9.59 Å². The molecule has 5 nitrogen and oxygen atoms in total. The number of rotatable bonds is 3. The fraction of sp³-hybridized carbons (Fsp3) is 0.706. The van der Waals surface area contributed by atoms with E-state index in [-0.39, 0.29) is 17.2 Å². The van der Waals surface area contributed by atoms with Crippen molar-refractivity contribution in [2.45, 2.75) is 46.5 Å². The molecule has 0 aromatic carbocycles. The molecule has 3 heterocycles. The van der Waals surface area contributed by atoms with Gasteiger partial charge in [-0.3, -0.25) is 9.59 Å². The maximum atomic E-state index is 12.8. The zero-order valence-electron chi connectivity index (χ0n) is 14.2. The molecule has 126 valence electrons. The van der Waals surface area contributed by atoms with Crippen LogP contribution in [0.1, 0.15) is 53.5 Å². The topological polar surface area (TPSA) is 53.5 Å². The number of piperidine rings is 1. The minimum Gasteiger partial charge on any atom is -0.342 e. The zero-order chi connectivity index (χ0) is 16.6. The van der Waals surface area contributed by atoms with Gasteiger partial charge in [-0.05, 0) is 33.1 Å². The molecule has 2 saturated heterocycles. The fourth-order valence-electron chi connectivity index (χ4n) is 3.73. The third-order valence-corrected chi connectivity index (χ3v) is 6.53. The average Bonchev–Trinajstić information content (AvgIpc) is 3.07. The molecule has 0 saturated carbocycles. The molecule has 1 aromatic heterocycles. The van der Waals surface area contributed by atoms with Crippen LogP contribution in [-0.2, 0) is 11.2 Å². The SMILES string of the molecule is CCc1nc(C)c(C(=O)N2CCC3(CC2)CC(=O)N(CC)C3)s1. The molecule has 23 heavy (non-hydrogen) atoms. The third kappa shape index (κ3) is 3.01. The smallest absolute Gasteiger partial charge is 0.265 e. The maximum absolute atomic E-state index is 12.8. The zero-order valence-corrected chi connectivity index (χ0v) is 15.0. The van der Waals surface area contributed by atoms with Crippen LogP contribution in [0.3, 0.4) is 0 Å². The van der Waals surface area contributed by atoms with E-state index in [1.54, 1.807) is 0 Å². The van der Waals surface area contributed by atoms with Gasteiger partial charge in [-0.1, -0.05) is 6.92 Å². The minimum absolute atomic E-state index is 0.0984. The van der Waals surface area contributed by atoms with Crippen LogP contribution in [0.15, 0.2) is 0 Å². The number of hydrogen-bond donors (Lipinski definition) is 0. The van der Waals surface area contributed by atoms with Crippen molar-refractivity contribution in [2.24, 2.45) is 5.41 Å². The van der Waals surface area contributed by atoms with Gasteiger partial charge in [0.1, 0.15) is 4.88 Å². The van der Waals surface area contributed by atoms with Crippen molar-refractivity contribution >= 4 is 23.2 Å². The summed E-state index contributed by atoms with van der Waals surface area (Å²) in [5.41, 5.74) is 0.951. The molecule has 0 atom stereocenters. The lowest BCUT2D eigenvalue weighted by Gasteiger charge is -2.38. The quantitative estimate of drug-likeness (QED) is 0.853.